The fourth-order valence-electron chi connectivity index (χ4n) is 3.62. The van der Waals surface area contributed by atoms with E-state index in [-0.39, 0.29) is 4.90 Å². The molecular weight excluding hydrogens is 346 g/mol. The van der Waals surface area contributed by atoms with Crippen LogP contribution in [0.5, 0.6) is 0 Å². The number of hydrogen-bond acceptors (Lipinski definition) is 4. The van der Waals surface area contributed by atoms with E-state index in [2.05, 4.69) is 0 Å². The lowest BCUT2D eigenvalue weighted by Crippen LogP contribution is -2.42. The Kier molecular flexibility index (Phi) is 3.66. The van der Waals surface area contributed by atoms with Crippen molar-refractivity contribution < 1.29 is 13.2 Å². The molecule has 0 N–H and O–H groups in total. The second kappa shape index (κ2) is 5.68. The molecular formula is C21H19NO3S. The molecule has 2 aliphatic heterocycles. The van der Waals surface area contributed by atoms with Crippen molar-refractivity contribution in [1.82, 2.24) is 0 Å². The first-order chi connectivity index (χ1) is 12.3. The lowest BCUT2D eigenvalue weighted by atomic mass is 10.1. The average Bonchev–Trinajstić information content (AvgIpc) is 2.96. The van der Waals surface area contributed by atoms with E-state index in [4.69, 9.17) is 0 Å². The summed E-state index contributed by atoms with van der Waals surface area (Å²) < 4.78 is 26.9. The zero-order chi connectivity index (χ0) is 18.6. The van der Waals surface area contributed by atoms with E-state index in [0.717, 1.165) is 22.4 Å². The largest absolute Gasteiger partial charge is 0.316 e. The molecule has 132 valence electrons. The number of anilines is 1. The van der Waals surface area contributed by atoms with Crippen LogP contribution in [0.15, 0.2) is 59.1 Å². The number of allylic oxidation sites excluding steroid dienone is 1. The minimum Gasteiger partial charge on any atom is -0.316 e. The molecule has 0 saturated heterocycles. The summed E-state index contributed by atoms with van der Waals surface area (Å²) in [7, 11) is -3.88. The first-order valence-electron chi connectivity index (χ1n) is 8.45. The molecule has 2 aromatic carbocycles. The number of rotatable bonds is 2. The molecule has 0 saturated carbocycles. The van der Waals surface area contributed by atoms with Crippen molar-refractivity contribution in [3.8, 4) is 0 Å². The van der Waals surface area contributed by atoms with Crippen molar-refractivity contribution in [2.75, 3.05) is 4.90 Å². The summed E-state index contributed by atoms with van der Waals surface area (Å²) in [5.41, 5.74) is 4.92. The second-order valence-corrected chi connectivity index (χ2v) is 8.74. The SMILES string of the molecule is Cc1ccc(S(=O)(=O)C2C(=O)C=C3C=Cc4ccccc4N32)c(C)c1C. The number of aryl methyl sites for hydroxylation is 1. The number of ketones is 1. The molecule has 1 unspecified atom stereocenters. The quantitative estimate of drug-likeness (QED) is 0.814. The maximum absolute atomic E-state index is 13.5. The molecule has 4 nitrogen and oxygen atoms in total. The summed E-state index contributed by atoms with van der Waals surface area (Å²) in [5.74, 6) is -0.404. The van der Waals surface area contributed by atoms with Crippen molar-refractivity contribution in [2.45, 2.75) is 31.0 Å². The third-order valence-corrected chi connectivity index (χ3v) is 7.37. The standard InChI is InChI=1S/C21H19NO3S/c1-13-8-11-20(15(3)14(13)2)26(24,25)21-19(23)12-17-10-9-16-6-4-5-7-18(16)22(17)21/h4-12,21H,1-3H3. The fraction of sp³-hybridized carbons (Fsp3) is 0.190. The normalized spacial score (nSPS) is 18.6. The van der Waals surface area contributed by atoms with Crippen LogP contribution in [0.4, 0.5) is 5.69 Å². The average molecular weight is 365 g/mol. The molecule has 4 rings (SSSR count). The van der Waals surface area contributed by atoms with E-state index >= 15 is 0 Å². The van der Waals surface area contributed by atoms with Crippen LogP contribution in [-0.2, 0) is 14.6 Å². The van der Waals surface area contributed by atoms with E-state index in [1.54, 1.807) is 30.0 Å². The summed E-state index contributed by atoms with van der Waals surface area (Å²) in [5, 5.41) is -1.26. The predicted octanol–water partition coefficient (Wildman–Crippen LogP) is 3.71. The monoisotopic (exact) mass is 365 g/mol. The molecule has 0 fully saturated rings. The highest BCUT2D eigenvalue weighted by Crippen LogP contribution is 2.39. The molecule has 2 heterocycles. The first-order valence-corrected chi connectivity index (χ1v) is 9.99. The number of fused-ring (bicyclic) bond motifs is 3. The Hall–Kier alpha value is -2.66. The van der Waals surface area contributed by atoms with Gasteiger partial charge in [-0.2, -0.15) is 0 Å². The third-order valence-electron chi connectivity index (χ3n) is 5.28. The molecule has 5 heteroatoms. The van der Waals surface area contributed by atoms with Crippen molar-refractivity contribution in [2.24, 2.45) is 0 Å². The molecule has 0 aliphatic carbocycles. The van der Waals surface area contributed by atoms with E-state index in [9.17, 15) is 13.2 Å². The maximum atomic E-state index is 13.5. The van der Waals surface area contributed by atoms with Gasteiger partial charge in [0.05, 0.1) is 10.6 Å². The van der Waals surface area contributed by atoms with Gasteiger partial charge in [0.2, 0.25) is 15.2 Å². The van der Waals surface area contributed by atoms with Crippen LogP contribution < -0.4 is 4.90 Å². The minimum absolute atomic E-state index is 0.223. The van der Waals surface area contributed by atoms with Gasteiger partial charge >= 0.3 is 0 Å². The predicted molar refractivity (Wildman–Crippen MR) is 103 cm³/mol. The molecule has 1 atom stereocenters. The van der Waals surface area contributed by atoms with Gasteiger partial charge in [-0.3, -0.25) is 4.79 Å². The van der Waals surface area contributed by atoms with Crippen molar-refractivity contribution >= 4 is 27.4 Å². The van der Waals surface area contributed by atoms with Crippen LogP contribution in [0.1, 0.15) is 22.3 Å². The summed E-state index contributed by atoms with van der Waals surface area (Å²) in [6, 6.07) is 10.9. The van der Waals surface area contributed by atoms with E-state index in [1.807, 2.05) is 44.2 Å². The molecule has 2 aromatic rings. The Bertz CT molecular complexity index is 1110. The molecule has 0 bridgehead atoms. The van der Waals surface area contributed by atoms with Crippen LogP contribution in [-0.4, -0.2) is 19.6 Å². The molecule has 0 aromatic heterocycles. The molecule has 0 radical (unpaired) electrons. The van der Waals surface area contributed by atoms with Gasteiger partial charge in [0.15, 0.2) is 5.78 Å². The summed E-state index contributed by atoms with van der Waals surface area (Å²) in [6.45, 7) is 5.65. The van der Waals surface area contributed by atoms with Crippen LogP contribution in [0.2, 0.25) is 0 Å². The summed E-state index contributed by atoms with van der Waals surface area (Å²) in [6.07, 6.45) is 5.12. The van der Waals surface area contributed by atoms with Gasteiger partial charge in [0.1, 0.15) is 0 Å². The number of para-hydroxylation sites is 1. The zero-order valence-electron chi connectivity index (χ0n) is 14.9. The summed E-state index contributed by atoms with van der Waals surface area (Å²) in [4.78, 5) is 14.6. The smallest absolute Gasteiger partial charge is 0.207 e. The fourth-order valence-corrected chi connectivity index (χ4v) is 5.58. The van der Waals surface area contributed by atoms with Gasteiger partial charge in [-0.25, -0.2) is 8.42 Å². The van der Waals surface area contributed by atoms with Crippen molar-refractivity contribution in [3.05, 3.63) is 76.5 Å². The van der Waals surface area contributed by atoms with Gasteiger partial charge in [-0.05, 0) is 61.2 Å². The first kappa shape index (κ1) is 16.8. The number of benzene rings is 2. The molecule has 26 heavy (non-hydrogen) atoms. The molecule has 2 aliphatic rings. The minimum atomic E-state index is -3.88. The van der Waals surface area contributed by atoms with Crippen LogP contribution in [0.25, 0.3) is 6.08 Å². The Balaban J connectivity index is 1.90. The van der Waals surface area contributed by atoms with Crippen molar-refractivity contribution in [3.63, 3.8) is 0 Å². The number of hydrogen-bond donors (Lipinski definition) is 0. The highest BCUT2D eigenvalue weighted by Gasteiger charge is 2.45. The second-order valence-electron chi connectivity index (χ2n) is 6.76. The Morgan fingerprint density at radius 1 is 0.923 bits per heavy atom. The highest BCUT2D eigenvalue weighted by molar-refractivity contribution is 7.93. The van der Waals surface area contributed by atoms with Crippen molar-refractivity contribution in [1.29, 1.82) is 0 Å². The van der Waals surface area contributed by atoms with Crippen LogP contribution in [0, 0.1) is 20.8 Å². The van der Waals surface area contributed by atoms with Gasteiger partial charge in [0, 0.05) is 11.8 Å². The maximum Gasteiger partial charge on any atom is 0.207 e. The van der Waals surface area contributed by atoms with E-state index in [0.29, 0.717) is 11.3 Å². The number of carbonyl (C=O) groups is 1. The van der Waals surface area contributed by atoms with Gasteiger partial charge in [-0.1, -0.05) is 30.3 Å². The van der Waals surface area contributed by atoms with E-state index < -0.39 is 21.0 Å². The van der Waals surface area contributed by atoms with Gasteiger partial charge < -0.3 is 4.90 Å². The van der Waals surface area contributed by atoms with Gasteiger partial charge in [-0.15, -0.1) is 0 Å². The van der Waals surface area contributed by atoms with E-state index in [1.165, 1.54) is 6.08 Å². The zero-order valence-corrected chi connectivity index (χ0v) is 15.7. The van der Waals surface area contributed by atoms with Crippen LogP contribution in [0.3, 0.4) is 0 Å². The number of nitrogens with zero attached hydrogens (tertiary/aromatic N) is 1. The number of sulfone groups is 1. The lowest BCUT2D eigenvalue weighted by molar-refractivity contribution is -0.113. The Morgan fingerprint density at radius 3 is 2.42 bits per heavy atom. The topological polar surface area (TPSA) is 54.5 Å². The Labute approximate surface area is 153 Å². The summed E-state index contributed by atoms with van der Waals surface area (Å²) >= 11 is 0. The molecule has 0 spiro atoms. The Morgan fingerprint density at radius 2 is 1.65 bits per heavy atom. The number of carbonyl (C=O) groups excluding carboxylic acids is 1. The highest BCUT2D eigenvalue weighted by atomic mass is 32.2. The third kappa shape index (κ3) is 2.27. The van der Waals surface area contributed by atoms with Crippen LogP contribution >= 0.6 is 0 Å². The van der Waals surface area contributed by atoms with Gasteiger partial charge in [0.25, 0.3) is 0 Å². The lowest BCUT2D eigenvalue weighted by Gasteiger charge is -2.31. The molecule has 0 amide bonds.